The lowest BCUT2D eigenvalue weighted by Crippen LogP contribution is -2.32. The maximum atomic E-state index is 5.04. The van der Waals surface area contributed by atoms with Gasteiger partial charge in [-0.15, -0.1) is 0 Å². The van der Waals surface area contributed by atoms with Gasteiger partial charge in [0, 0.05) is 20.4 Å². The summed E-state index contributed by atoms with van der Waals surface area (Å²) in [5, 5.41) is 3.04. The van der Waals surface area contributed by atoms with Gasteiger partial charge in [-0.3, -0.25) is 0 Å². The molecule has 0 aromatic carbocycles. The highest BCUT2D eigenvalue weighted by Gasteiger charge is 2.05. The van der Waals surface area contributed by atoms with Crippen molar-refractivity contribution in [1.82, 2.24) is 5.32 Å². The fourth-order valence-electron chi connectivity index (χ4n) is 0.729. The van der Waals surface area contributed by atoms with Crippen LogP contribution in [-0.4, -0.2) is 13.0 Å². The maximum Gasteiger partial charge on any atom is 0.320 e. The van der Waals surface area contributed by atoms with E-state index in [2.05, 4.69) is 36.3 Å². The van der Waals surface area contributed by atoms with Crippen LogP contribution in [0.3, 0.4) is 0 Å². The number of unbranched alkanes of at least 4 members (excludes halogenated alkanes) is 1. The summed E-state index contributed by atoms with van der Waals surface area (Å²) in [5.41, 5.74) is 0. The molecule has 0 bridgehead atoms. The van der Waals surface area contributed by atoms with Gasteiger partial charge in [0.25, 0.3) is 0 Å². The average Bonchev–Trinajstić information content (AvgIpc) is 2.21. The lowest BCUT2D eigenvalue weighted by Gasteiger charge is -2.13. The van der Waals surface area contributed by atoms with E-state index in [9.17, 15) is 0 Å². The van der Waals surface area contributed by atoms with Crippen LogP contribution in [0.4, 0.5) is 0 Å². The van der Waals surface area contributed by atoms with Crippen LogP contribution in [0.25, 0.3) is 0 Å². The Hall–Kier alpha value is -1.32. The zero-order valence-electron chi connectivity index (χ0n) is 9.02. The number of ether oxygens (including phenoxy) is 2. The molecule has 0 fully saturated rings. The predicted molar refractivity (Wildman–Crippen MR) is 55.8 cm³/mol. The minimum absolute atomic E-state index is 0.554. The van der Waals surface area contributed by atoms with Crippen LogP contribution in [0.1, 0.15) is 33.6 Å². The molecule has 0 aliphatic rings. The summed E-state index contributed by atoms with van der Waals surface area (Å²) in [5.74, 6) is 5.25. The molecule has 0 heterocycles. The molecule has 0 unspecified atom stereocenters. The van der Waals surface area contributed by atoms with Crippen LogP contribution in [0.5, 0.6) is 0 Å². The SMILES string of the molecule is CC#COC(NCCCC)OC#CC. The Kier molecular flexibility index (Phi) is 8.84. The van der Waals surface area contributed by atoms with Gasteiger partial charge in [0.1, 0.15) is 12.2 Å². The van der Waals surface area contributed by atoms with Gasteiger partial charge in [-0.05, 0) is 6.42 Å². The Morgan fingerprint density at radius 3 is 2.14 bits per heavy atom. The van der Waals surface area contributed by atoms with Gasteiger partial charge < -0.3 is 9.47 Å². The molecule has 0 rings (SSSR count). The second-order valence-corrected chi connectivity index (χ2v) is 2.58. The van der Waals surface area contributed by atoms with Crippen molar-refractivity contribution in [2.75, 3.05) is 6.54 Å². The second-order valence-electron chi connectivity index (χ2n) is 2.58. The standard InChI is InChI=1S/C11H17NO2/c1-4-7-8-12-11(13-9-5-2)14-10-6-3/h11-12H,4,7-8H2,1-3H3. The third-order valence-corrected chi connectivity index (χ3v) is 1.38. The van der Waals surface area contributed by atoms with E-state index in [0.29, 0.717) is 0 Å². The molecule has 0 amide bonds. The highest BCUT2D eigenvalue weighted by Crippen LogP contribution is 1.90. The van der Waals surface area contributed by atoms with Crippen molar-refractivity contribution in [2.45, 2.75) is 40.0 Å². The zero-order valence-corrected chi connectivity index (χ0v) is 9.02. The molecule has 0 aliphatic carbocycles. The third kappa shape index (κ3) is 7.34. The molecule has 1 N–H and O–H groups in total. The molecule has 3 nitrogen and oxygen atoms in total. The van der Waals surface area contributed by atoms with E-state index in [0.717, 1.165) is 19.4 Å². The van der Waals surface area contributed by atoms with E-state index >= 15 is 0 Å². The number of rotatable bonds is 6. The Balaban J connectivity index is 3.79. The van der Waals surface area contributed by atoms with Gasteiger partial charge >= 0.3 is 6.41 Å². The van der Waals surface area contributed by atoms with Crippen LogP contribution in [0, 0.1) is 24.1 Å². The minimum Gasteiger partial charge on any atom is -0.389 e. The highest BCUT2D eigenvalue weighted by atomic mass is 16.7. The molecule has 0 spiro atoms. The Morgan fingerprint density at radius 1 is 1.14 bits per heavy atom. The Bertz CT molecular complexity index is 219. The summed E-state index contributed by atoms with van der Waals surface area (Å²) < 4.78 is 10.1. The average molecular weight is 195 g/mol. The topological polar surface area (TPSA) is 30.5 Å². The van der Waals surface area contributed by atoms with Crippen LogP contribution < -0.4 is 5.32 Å². The zero-order chi connectivity index (χ0) is 10.6. The molecule has 78 valence electrons. The summed E-state index contributed by atoms with van der Waals surface area (Å²) in [6.45, 7) is 6.36. The van der Waals surface area contributed by atoms with Crippen molar-refractivity contribution in [3.63, 3.8) is 0 Å². The fourth-order valence-corrected chi connectivity index (χ4v) is 0.729. The van der Waals surface area contributed by atoms with Gasteiger partial charge in [0.2, 0.25) is 0 Å². The van der Waals surface area contributed by atoms with Gasteiger partial charge in [-0.25, -0.2) is 5.32 Å². The third-order valence-electron chi connectivity index (χ3n) is 1.38. The van der Waals surface area contributed by atoms with E-state index in [4.69, 9.17) is 9.47 Å². The molecule has 0 aliphatic heterocycles. The van der Waals surface area contributed by atoms with Crippen molar-refractivity contribution < 1.29 is 9.47 Å². The fraction of sp³-hybridized carbons (Fsp3) is 0.636. The van der Waals surface area contributed by atoms with Gasteiger partial charge in [0.15, 0.2) is 0 Å². The van der Waals surface area contributed by atoms with E-state index < -0.39 is 6.41 Å². The van der Waals surface area contributed by atoms with E-state index in [1.165, 1.54) is 0 Å². The molecule has 0 saturated carbocycles. The van der Waals surface area contributed by atoms with Crippen molar-refractivity contribution in [3.05, 3.63) is 0 Å². The van der Waals surface area contributed by atoms with Crippen LogP contribution >= 0.6 is 0 Å². The van der Waals surface area contributed by atoms with Crippen molar-refractivity contribution in [1.29, 1.82) is 0 Å². The molecule has 14 heavy (non-hydrogen) atoms. The van der Waals surface area contributed by atoms with Crippen molar-refractivity contribution in [3.8, 4) is 24.1 Å². The van der Waals surface area contributed by atoms with Crippen LogP contribution in [0.15, 0.2) is 0 Å². The first kappa shape index (κ1) is 12.7. The number of hydrogen-bond donors (Lipinski definition) is 1. The first-order chi connectivity index (χ1) is 6.85. The quantitative estimate of drug-likeness (QED) is 0.397. The highest BCUT2D eigenvalue weighted by molar-refractivity contribution is 4.88. The van der Waals surface area contributed by atoms with Gasteiger partial charge in [-0.1, -0.05) is 25.2 Å². The summed E-state index contributed by atoms with van der Waals surface area (Å²) in [6, 6.07) is 0. The monoisotopic (exact) mass is 195 g/mol. The molecule has 0 aromatic rings. The van der Waals surface area contributed by atoms with Gasteiger partial charge in [-0.2, -0.15) is 0 Å². The van der Waals surface area contributed by atoms with Crippen LogP contribution in [0.2, 0.25) is 0 Å². The van der Waals surface area contributed by atoms with Gasteiger partial charge in [0.05, 0.1) is 0 Å². The molecule has 0 saturated heterocycles. The number of nitrogens with one attached hydrogen (secondary N) is 1. The van der Waals surface area contributed by atoms with Crippen molar-refractivity contribution >= 4 is 0 Å². The summed E-state index contributed by atoms with van der Waals surface area (Å²) in [4.78, 5) is 0. The lowest BCUT2D eigenvalue weighted by atomic mass is 10.3. The normalized spacial score (nSPS) is 8.29. The smallest absolute Gasteiger partial charge is 0.320 e. The van der Waals surface area contributed by atoms with Crippen LogP contribution in [-0.2, 0) is 9.47 Å². The molecular formula is C11H17NO2. The first-order valence-electron chi connectivity index (χ1n) is 4.73. The summed E-state index contributed by atoms with van der Waals surface area (Å²) >= 11 is 0. The Morgan fingerprint density at radius 2 is 1.71 bits per heavy atom. The maximum absolute atomic E-state index is 5.04. The lowest BCUT2D eigenvalue weighted by molar-refractivity contribution is -0.0642. The largest absolute Gasteiger partial charge is 0.389 e. The van der Waals surface area contributed by atoms with E-state index in [1.807, 2.05) is 0 Å². The summed E-state index contributed by atoms with van der Waals surface area (Å²) in [6.07, 6.45) is 6.60. The molecular weight excluding hydrogens is 178 g/mol. The first-order valence-corrected chi connectivity index (χ1v) is 4.73. The molecule has 0 radical (unpaired) electrons. The Labute approximate surface area is 86.2 Å². The molecule has 0 aromatic heterocycles. The summed E-state index contributed by atoms with van der Waals surface area (Å²) in [7, 11) is 0. The van der Waals surface area contributed by atoms with E-state index in [1.54, 1.807) is 13.8 Å². The van der Waals surface area contributed by atoms with E-state index in [-0.39, 0.29) is 0 Å². The predicted octanol–water partition coefficient (Wildman–Crippen LogP) is 1.65. The second kappa shape index (κ2) is 9.77. The molecule has 3 heteroatoms. The minimum atomic E-state index is -0.554. The van der Waals surface area contributed by atoms with Crippen molar-refractivity contribution in [2.24, 2.45) is 0 Å². The number of hydrogen-bond acceptors (Lipinski definition) is 3. The molecule has 0 atom stereocenters.